The zero-order valence-electron chi connectivity index (χ0n) is 14.8. The van der Waals surface area contributed by atoms with Crippen LogP contribution in [0, 0.1) is 6.92 Å². The highest BCUT2D eigenvalue weighted by molar-refractivity contribution is 6.32. The van der Waals surface area contributed by atoms with Crippen molar-refractivity contribution < 1.29 is 10.2 Å². The van der Waals surface area contributed by atoms with Gasteiger partial charge < -0.3 is 14.8 Å². The normalized spacial score (nSPS) is 11.7. The maximum atomic E-state index is 12.2. The molecule has 0 atom stereocenters. The lowest BCUT2D eigenvalue weighted by atomic mass is 10.2. The smallest absolute Gasteiger partial charge is 0.349 e. The van der Waals surface area contributed by atoms with E-state index in [1.54, 1.807) is 10.6 Å². The fourth-order valence-electron chi connectivity index (χ4n) is 3.01. The molecule has 0 spiro atoms. The monoisotopic (exact) mass is 393 g/mol. The summed E-state index contributed by atoms with van der Waals surface area (Å²) in [7, 11) is 0. The number of halogens is 1. The molecule has 0 amide bonds. The first-order valence-corrected chi connectivity index (χ1v) is 8.87. The number of aryl methyl sites for hydroxylation is 1. The van der Waals surface area contributed by atoms with Crippen LogP contribution < -0.4 is 11.2 Å². The Balaban J connectivity index is 2.18. The molecule has 2 aliphatic heterocycles. The third-order valence-corrected chi connectivity index (χ3v) is 4.77. The number of nitrogens with zero attached hydrogens (tertiary/aromatic N) is 4. The summed E-state index contributed by atoms with van der Waals surface area (Å²) in [5.74, 6) is 0.186. The molecule has 2 aliphatic rings. The predicted octanol–water partition coefficient (Wildman–Crippen LogP) is -0.167. The van der Waals surface area contributed by atoms with Gasteiger partial charge in [0.25, 0.3) is 5.56 Å². The Labute approximate surface area is 159 Å². The molecular weight excluding hydrogens is 374 g/mol. The van der Waals surface area contributed by atoms with Crippen molar-refractivity contribution in [2.24, 2.45) is 0 Å². The van der Waals surface area contributed by atoms with Gasteiger partial charge >= 0.3 is 5.69 Å². The molecule has 3 rings (SSSR count). The molecule has 10 heteroatoms. The first kappa shape index (κ1) is 19.4. The van der Waals surface area contributed by atoms with Crippen LogP contribution in [0.25, 0.3) is 22.6 Å². The van der Waals surface area contributed by atoms with E-state index in [0.29, 0.717) is 42.2 Å². The molecule has 144 valence electrons. The van der Waals surface area contributed by atoms with Crippen LogP contribution in [0.1, 0.15) is 5.56 Å². The van der Waals surface area contributed by atoms with Gasteiger partial charge in [0, 0.05) is 31.2 Å². The van der Waals surface area contributed by atoms with Gasteiger partial charge in [0.2, 0.25) is 0 Å². The fraction of sp³-hybridized carbons (Fsp3) is 0.412. The molecular formula is C17H20ClN5O4. The summed E-state index contributed by atoms with van der Waals surface area (Å²) in [6.07, 6.45) is 0. The summed E-state index contributed by atoms with van der Waals surface area (Å²) in [5, 5.41) is 18.9. The van der Waals surface area contributed by atoms with Crippen molar-refractivity contribution in [2.75, 3.05) is 32.8 Å². The number of benzene rings is 1. The number of H-pyrrole nitrogens is 1. The Morgan fingerprint density at radius 1 is 1.15 bits per heavy atom. The summed E-state index contributed by atoms with van der Waals surface area (Å²) < 4.78 is 1.75. The Morgan fingerprint density at radius 3 is 2.52 bits per heavy atom. The number of hydrogen-bond acceptors (Lipinski definition) is 7. The van der Waals surface area contributed by atoms with Crippen molar-refractivity contribution in [1.29, 1.82) is 0 Å². The molecule has 0 saturated heterocycles. The Bertz CT molecular complexity index is 1040. The summed E-state index contributed by atoms with van der Waals surface area (Å²) in [5.41, 5.74) is 0.733. The number of hydrogen-bond donors (Lipinski definition) is 3. The van der Waals surface area contributed by atoms with E-state index < -0.39 is 11.2 Å². The summed E-state index contributed by atoms with van der Waals surface area (Å²) in [6.45, 7) is 3.42. The van der Waals surface area contributed by atoms with Crippen molar-refractivity contribution >= 4 is 22.6 Å². The lowest BCUT2D eigenvalue weighted by Gasteiger charge is -2.23. The molecule has 2 heterocycles. The van der Waals surface area contributed by atoms with E-state index in [1.807, 2.05) is 17.9 Å². The highest BCUT2D eigenvalue weighted by Crippen LogP contribution is 2.26. The topological polar surface area (TPSA) is 124 Å². The molecule has 3 N–H and O–H groups in total. The van der Waals surface area contributed by atoms with Crippen LogP contribution >= 0.6 is 11.6 Å². The highest BCUT2D eigenvalue weighted by Gasteiger charge is 2.19. The lowest BCUT2D eigenvalue weighted by Crippen LogP contribution is -2.34. The van der Waals surface area contributed by atoms with E-state index >= 15 is 0 Å². The number of aromatic nitrogens is 4. The van der Waals surface area contributed by atoms with E-state index in [2.05, 4.69) is 15.0 Å². The fourth-order valence-corrected chi connectivity index (χ4v) is 3.16. The van der Waals surface area contributed by atoms with Gasteiger partial charge in [-0.15, -0.1) is 0 Å². The summed E-state index contributed by atoms with van der Waals surface area (Å²) in [6, 6.07) is 3.51. The molecule has 27 heavy (non-hydrogen) atoms. The second kappa shape index (κ2) is 8.13. The maximum Gasteiger partial charge on any atom is 0.349 e. The van der Waals surface area contributed by atoms with Crippen LogP contribution in [0.4, 0.5) is 0 Å². The molecule has 0 unspecified atom stereocenters. The lowest BCUT2D eigenvalue weighted by molar-refractivity contribution is 0.158. The predicted molar refractivity (Wildman–Crippen MR) is 101 cm³/mol. The van der Waals surface area contributed by atoms with Gasteiger partial charge in [-0.05, 0) is 24.6 Å². The molecule has 1 aromatic carbocycles. The number of aliphatic hydroxyl groups excluding tert-OH is 2. The van der Waals surface area contributed by atoms with Gasteiger partial charge in [-0.2, -0.15) is 4.98 Å². The third-order valence-electron chi connectivity index (χ3n) is 4.36. The van der Waals surface area contributed by atoms with Crippen molar-refractivity contribution in [3.63, 3.8) is 0 Å². The minimum absolute atomic E-state index is 0.0418. The minimum Gasteiger partial charge on any atom is -0.395 e. The van der Waals surface area contributed by atoms with Gasteiger partial charge in [-0.1, -0.05) is 11.6 Å². The van der Waals surface area contributed by atoms with Crippen LogP contribution in [-0.4, -0.2) is 67.5 Å². The van der Waals surface area contributed by atoms with Crippen LogP contribution in [0.15, 0.2) is 21.7 Å². The summed E-state index contributed by atoms with van der Waals surface area (Å²) >= 11 is 6.20. The molecule has 9 nitrogen and oxygen atoms in total. The molecule has 0 fully saturated rings. The average Bonchev–Trinajstić information content (AvgIpc) is 2.61. The van der Waals surface area contributed by atoms with Gasteiger partial charge in [0.15, 0.2) is 11.5 Å². The Hall–Kier alpha value is -2.33. The van der Waals surface area contributed by atoms with Crippen molar-refractivity contribution in [3.05, 3.63) is 43.6 Å². The van der Waals surface area contributed by atoms with Gasteiger partial charge in [0.1, 0.15) is 0 Å². The molecule has 0 aromatic heterocycles. The zero-order valence-corrected chi connectivity index (χ0v) is 15.5. The molecule has 0 bridgehead atoms. The summed E-state index contributed by atoms with van der Waals surface area (Å²) in [4.78, 5) is 36.2. The quantitative estimate of drug-likeness (QED) is 0.476. The Kier molecular flexibility index (Phi) is 5.85. The van der Waals surface area contributed by atoms with Crippen LogP contribution in [0.3, 0.4) is 0 Å². The standard InChI is InChI=1S/C17H20ClN5O4/c1-10-8-13-12(9-11(10)18)19-14-15(20-17(27)21-16(14)26)23(13)3-2-22(4-6-24)5-7-25/h8-9,24-25H,2-7H2,1H3,(H,21,26,27). The average molecular weight is 394 g/mol. The first-order valence-electron chi connectivity index (χ1n) is 8.49. The van der Waals surface area contributed by atoms with Crippen LogP contribution in [-0.2, 0) is 6.54 Å². The molecule has 0 radical (unpaired) electrons. The molecule has 0 aliphatic carbocycles. The van der Waals surface area contributed by atoms with Crippen molar-refractivity contribution in [3.8, 4) is 11.5 Å². The first-order chi connectivity index (χ1) is 12.9. The van der Waals surface area contributed by atoms with E-state index in [1.165, 1.54) is 0 Å². The Morgan fingerprint density at radius 2 is 1.85 bits per heavy atom. The number of rotatable bonds is 7. The number of aliphatic hydroxyl groups is 2. The number of aromatic amines is 1. The zero-order chi connectivity index (χ0) is 19.6. The van der Waals surface area contributed by atoms with Crippen molar-refractivity contribution in [2.45, 2.75) is 13.5 Å². The SMILES string of the molecule is Cc1cc2c(cc1Cl)nc1c(=O)[nH]c(=O)nc-1n2CCN(CCO)CCO. The van der Waals surface area contributed by atoms with E-state index in [9.17, 15) is 19.8 Å². The highest BCUT2D eigenvalue weighted by atomic mass is 35.5. The second-order valence-electron chi connectivity index (χ2n) is 6.19. The second-order valence-corrected chi connectivity index (χ2v) is 6.59. The number of nitrogens with one attached hydrogen (secondary N) is 1. The largest absolute Gasteiger partial charge is 0.395 e. The van der Waals surface area contributed by atoms with Gasteiger partial charge in [-0.3, -0.25) is 14.7 Å². The molecule has 1 aromatic rings. The van der Waals surface area contributed by atoms with E-state index in [4.69, 9.17) is 11.6 Å². The van der Waals surface area contributed by atoms with Gasteiger partial charge in [0.05, 0.1) is 24.2 Å². The minimum atomic E-state index is -0.740. The van der Waals surface area contributed by atoms with E-state index in [-0.39, 0.29) is 24.7 Å². The van der Waals surface area contributed by atoms with Crippen molar-refractivity contribution in [1.82, 2.24) is 24.4 Å². The van der Waals surface area contributed by atoms with Crippen LogP contribution in [0.5, 0.6) is 0 Å². The number of fused-ring (bicyclic) bond motifs is 2. The van der Waals surface area contributed by atoms with Gasteiger partial charge in [-0.25, -0.2) is 9.78 Å². The third kappa shape index (κ3) is 4.01. The molecule has 0 saturated carbocycles. The van der Waals surface area contributed by atoms with Crippen LogP contribution in [0.2, 0.25) is 5.02 Å². The van der Waals surface area contributed by atoms with E-state index in [0.717, 1.165) is 5.56 Å². The maximum absolute atomic E-state index is 12.2.